The molecule has 0 aromatic heterocycles. The molecule has 0 spiro atoms. The summed E-state index contributed by atoms with van der Waals surface area (Å²) in [5.74, 6) is 1.38. The van der Waals surface area contributed by atoms with E-state index in [1.807, 2.05) is 11.9 Å². The Morgan fingerprint density at radius 1 is 1.18 bits per heavy atom. The van der Waals surface area contributed by atoms with E-state index < -0.39 is 0 Å². The second-order valence-corrected chi connectivity index (χ2v) is 5.58. The maximum atomic E-state index is 11.7. The molecule has 100 valence electrons. The van der Waals surface area contributed by atoms with Crippen molar-refractivity contribution in [3.8, 4) is 0 Å². The van der Waals surface area contributed by atoms with Crippen molar-refractivity contribution in [3.05, 3.63) is 12.2 Å². The fourth-order valence-corrected chi connectivity index (χ4v) is 1.61. The summed E-state index contributed by atoms with van der Waals surface area (Å²) in [5.41, 5.74) is 0. The van der Waals surface area contributed by atoms with Crippen LogP contribution in [0, 0.1) is 11.8 Å². The van der Waals surface area contributed by atoms with E-state index in [1.54, 1.807) is 0 Å². The SMILES string of the molecule is CC(C)/C=C/CCCCN(C)C(=O)CC(C)C. The van der Waals surface area contributed by atoms with Crippen LogP contribution in [0.5, 0.6) is 0 Å². The van der Waals surface area contributed by atoms with E-state index in [4.69, 9.17) is 0 Å². The molecular weight excluding hydrogens is 210 g/mol. The van der Waals surface area contributed by atoms with Gasteiger partial charge in [0.2, 0.25) is 5.91 Å². The van der Waals surface area contributed by atoms with Crippen molar-refractivity contribution in [3.63, 3.8) is 0 Å². The van der Waals surface area contributed by atoms with Gasteiger partial charge < -0.3 is 4.90 Å². The molecular formula is C15H29NO. The molecule has 2 nitrogen and oxygen atoms in total. The summed E-state index contributed by atoms with van der Waals surface area (Å²) in [6, 6.07) is 0. The maximum absolute atomic E-state index is 11.7. The van der Waals surface area contributed by atoms with Crippen molar-refractivity contribution in [2.45, 2.75) is 53.4 Å². The van der Waals surface area contributed by atoms with Gasteiger partial charge in [-0.15, -0.1) is 0 Å². The Bertz CT molecular complexity index is 231. The molecule has 0 aromatic carbocycles. The molecule has 0 N–H and O–H groups in total. The number of unbranched alkanes of at least 4 members (excludes halogenated alkanes) is 2. The summed E-state index contributed by atoms with van der Waals surface area (Å²) < 4.78 is 0. The molecule has 0 bridgehead atoms. The summed E-state index contributed by atoms with van der Waals surface area (Å²) in [5, 5.41) is 0. The summed E-state index contributed by atoms with van der Waals surface area (Å²) in [7, 11) is 1.91. The van der Waals surface area contributed by atoms with Gasteiger partial charge in [0.15, 0.2) is 0 Å². The van der Waals surface area contributed by atoms with Crippen LogP contribution in [0.4, 0.5) is 0 Å². The molecule has 0 aliphatic heterocycles. The minimum absolute atomic E-state index is 0.276. The molecule has 0 saturated carbocycles. The Morgan fingerprint density at radius 2 is 1.82 bits per heavy atom. The highest BCUT2D eigenvalue weighted by atomic mass is 16.2. The van der Waals surface area contributed by atoms with Gasteiger partial charge in [-0.05, 0) is 31.1 Å². The van der Waals surface area contributed by atoms with Crippen LogP contribution in [0.1, 0.15) is 53.4 Å². The van der Waals surface area contributed by atoms with Crippen molar-refractivity contribution in [1.82, 2.24) is 4.90 Å². The second-order valence-electron chi connectivity index (χ2n) is 5.58. The predicted octanol–water partition coefficient (Wildman–Crippen LogP) is 3.87. The molecule has 0 heterocycles. The highest BCUT2D eigenvalue weighted by Gasteiger charge is 2.09. The largest absolute Gasteiger partial charge is 0.346 e. The summed E-state index contributed by atoms with van der Waals surface area (Å²) >= 11 is 0. The zero-order valence-corrected chi connectivity index (χ0v) is 12.2. The van der Waals surface area contributed by atoms with Crippen molar-refractivity contribution < 1.29 is 4.79 Å². The number of carbonyl (C=O) groups excluding carboxylic acids is 1. The van der Waals surface area contributed by atoms with Crippen LogP contribution < -0.4 is 0 Å². The first-order valence-corrected chi connectivity index (χ1v) is 6.84. The standard InChI is InChI=1S/C15H29NO/c1-13(2)10-8-6-7-9-11-16(5)15(17)12-14(3)4/h8,10,13-14H,6-7,9,11-12H2,1-5H3/b10-8+. The number of amides is 1. The van der Waals surface area contributed by atoms with E-state index >= 15 is 0 Å². The number of nitrogens with zero attached hydrogens (tertiary/aromatic N) is 1. The molecule has 0 fully saturated rings. The lowest BCUT2D eigenvalue weighted by Crippen LogP contribution is -2.28. The van der Waals surface area contributed by atoms with E-state index in [9.17, 15) is 4.79 Å². The lowest BCUT2D eigenvalue weighted by atomic mass is 10.1. The van der Waals surface area contributed by atoms with E-state index in [0.29, 0.717) is 18.3 Å². The van der Waals surface area contributed by atoms with Crippen molar-refractivity contribution >= 4 is 5.91 Å². The van der Waals surface area contributed by atoms with Gasteiger partial charge in [-0.25, -0.2) is 0 Å². The molecule has 0 rings (SSSR count). The molecule has 0 aliphatic carbocycles. The average molecular weight is 239 g/mol. The van der Waals surface area contributed by atoms with Gasteiger partial charge >= 0.3 is 0 Å². The Balaban J connectivity index is 3.57. The van der Waals surface area contributed by atoms with Gasteiger partial charge in [-0.2, -0.15) is 0 Å². The monoisotopic (exact) mass is 239 g/mol. The van der Waals surface area contributed by atoms with Gasteiger partial charge in [0.25, 0.3) is 0 Å². The minimum atomic E-state index is 0.276. The van der Waals surface area contributed by atoms with E-state index in [1.165, 1.54) is 6.42 Å². The predicted molar refractivity (Wildman–Crippen MR) is 74.9 cm³/mol. The lowest BCUT2D eigenvalue weighted by Gasteiger charge is -2.18. The molecule has 2 heteroatoms. The summed E-state index contributed by atoms with van der Waals surface area (Å²) in [6.07, 6.45) is 8.56. The fourth-order valence-electron chi connectivity index (χ4n) is 1.61. The number of hydrogen-bond donors (Lipinski definition) is 0. The first-order valence-electron chi connectivity index (χ1n) is 6.84. The first kappa shape index (κ1) is 16.2. The van der Waals surface area contributed by atoms with Gasteiger partial charge in [-0.3, -0.25) is 4.79 Å². The number of allylic oxidation sites excluding steroid dienone is 2. The summed E-state index contributed by atoms with van der Waals surface area (Å²) in [6.45, 7) is 9.44. The molecule has 0 aromatic rings. The lowest BCUT2D eigenvalue weighted by molar-refractivity contribution is -0.130. The highest BCUT2D eigenvalue weighted by molar-refractivity contribution is 5.75. The third-order valence-electron chi connectivity index (χ3n) is 2.64. The molecule has 17 heavy (non-hydrogen) atoms. The fraction of sp³-hybridized carbons (Fsp3) is 0.800. The Morgan fingerprint density at radius 3 is 2.35 bits per heavy atom. The van der Waals surface area contributed by atoms with Crippen LogP contribution in [0.3, 0.4) is 0 Å². The van der Waals surface area contributed by atoms with Gasteiger partial charge in [0.05, 0.1) is 0 Å². The smallest absolute Gasteiger partial charge is 0.222 e. The zero-order valence-electron chi connectivity index (χ0n) is 12.2. The molecule has 0 saturated heterocycles. The Kier molecular flexibility index (Phi) is 8.83. The number of carbonyl (C=O) groups is 1. The van der Waals surface area contributed by atoms with Gasteiger partial charge in [0, 0.05) is 20.0 Å². The molecule has 1 amide bonds. The topological polar surface area (TPSA) is 20.3 Å². The first-order chi connectivity index (χ1) is 7.93. The Labute approximate surface area is 107 Å². The van der Waals surface area contributed by atoms with Crippen molar-refractivity contribution in [1.29, 1.82) is 0 Å². The van der Waals surface area contributed by atoms with Crippen molar-refractivity contribution in [2.24, 2.45) is 11.8 Å². The van der Waals surface area contributed by atoms with E-state index in [-0.39, 0.29) is 5.91 Å². The van der Waals surface area contributed by atoms with Gasteiger partial charge in [-0.1, -0.05) is 39.8 Å². The van der Waals surface area contributed by atoms with Crippen LogP contribution in [0.2, 0.25) is 0 Å². The van der Waals surface area contributed by atoms with Crippen LogP contribution >= 0.6 is 0 Å². The normalized spacial score (nSPS) is 11.7. The molecule has 0 atom stereocenters. The number of rotatable bonds is 8. The quantitative estimate of drug-likeness (QED) is 0.465. The molecule has 0 unspecified atom stereocenters. The molecule has 0 aliphatic rings. The van der Waals surface area contributed by atoms with Crippen molar-refractivity contribution in [2.75, 3.05) is 13.6 Å². The van der Waals surface area contributed by atoms with E-state index in [0.717, 1.165) is 19.4 Å². The minimum Gasteiger partial charge on any atom is -0.346 e. The average Bonchev–Trinajstić information content (AvgIpc) is 2.21. The Hall–Kier alpha value is -0.790. The molecule has 0 radical (unpaired) electrons. The third kappa shape index (κ3) is 10.1. The van der Waals surface area contributed by atoms with Crippen LogP contribution in [0.25, 0.3) is 0 Å². The van der Waals surface area contributed by atoms with E-state index in [2.05, 4.69) is 39.8 Å². The van der Waals surface area contributed by atoms with Gasteiger partial charge in [0.1, 0.15) is 0 Å². The zero-order chi connectivity index (χ0) is 13.3. The second kappa shape index (κ2) is 9.26. The maximum Gasteiger partial charge on any atom is 0.222 e. The van der Waals surface area contributed by atoms with Crippen LogP contribution in [-0.2, 0) is 4.79 Å². The number of hydrogen-bond acceptors (Lipinski definition) is 1. The third-order valence-corrected chi connectivity index (χ3v) is 2.64. The summed E-state index contributed by atoms with van der Waals surface area (Å²) in [4.78, 5) is 13.5. The van der Waals surface area contributed by atoms with Crippen LogP contribution in [-0.4, -0.2) is 24.4 Å². The van der Waals surface area contributed by atoms with Crippen LogP contribution in [0.15, 0.2) is 12.2 Å². The highest BCUT2D eigenvalue weighted by Crippen LogP contribution is 2.05.